The van der Waals surface area contributed by atoms with Crippen LogP contribution in [0.5, 0.6) is 5.75 Å². The minimum atomic E-state index is -0.433. The number of thioether (sulfide) groups is 1. The summed E-state index contributed by atoms with van der Waals surface area (Å²) in [7, 11) is 1.56. The van der Waals surface area contributed by atoms with Gasteiger partial charge >= 0.3 is 0 Å². The predicted molar refractivity (Wildman–Crippen MR) is 125 cm³/mol. The van der Waals surface area contributed by atoms with E-state index in [1.165, 1.54) is 0 Å². The summed E-state index contributed by atoms with van der Waals surface area (Å²) in [4.78, 5) is 25.5. The van der Waals surface area contributed by atoms with Gasteiger partial charge in [-0.15, -0.1) is 0 Å². The van der Waals surface area contributed by atoms with Gasteiger partial charge in [-0.25, -0.2) is 0 Å². The van der Waals surface area contributed by atoms with Crippen LogP contribution in [-0.4, -0.2) is 28.3 Å². The van der Waals surface area contributed by atoms with Crippen molar-refractivity contribution < 1.29 is 18.7 Å². The third kappa shape index (κ3) is 4.51. The largest absolute Gasteiger partial charge is 0.496 e. The second-order valence-electron chi connectivity index (χ2n) is 6.37. The number of halogens is 1. The molecule has 0 bridgehead atoms. The standard InChI is InChI=1S/C22H15ClN2O4S2/c1-28-17-9-7-14(23)11-16(17)18-10-8-15(29-18)12-19-21(27)25(22(30)31-19)24-20(26)13-5-3-2-4-6-13/h2-12H,1H3,(H,24,26). The highest BCUT2D eigenvalue weighted by Crippen LogP contribution is 2.36. The lowest BCUT2D eigenvalue weighted by Crippen LogP contribution is -2.44. The Morgan fingerprint density at radius 1 is 1.19 bits per heavy atom. The average molecular weight is 471 g/mol. The molecule has 0 radical (unpaired) electrons. The number of hydrazine groups is 1. The van der Waals surface area contributed by atoms with Crippen LogP contribution in [0.3, 0.4) is 0 Å². The zero-order valence-corrected chi connectivity index (χ0v) is 18.5. The van der Waals surface area contributed by atoms with E-state index < -0.39 is 11.8 Å². The average Bonchev–Trinajstić information content (AvgIpc) is 3.34. The fourth-order valence-corrected chi connectivity index (χ4v) is 4.23. The van der Waals surface area contributed by atoms with Crippen molar-refractivity contribution in [2.45, 2.75) is 0 Å². The van der Waals surface area contributed by atoms with Crippen molar-refractivity contribution in [3.8, 4) is 17.1 Å². The molecule has 0 aliphatic carbocycles. The molecule has 6 nitrogen and oxygen atoms in total. The van der Waals surface area contributed by atoms with Gasteiger partial charge in [-0.3, -0.25) is 15.0 Å². The maximum absolute atomic E-state index is 12.8. The number of hydrogen-bond donors (Lipinski definition) is 1. The van der Waals surface area contributed by atoms with Crippen LogP contribution in [0.15, 0.2) is 70.0 Å². The highest BCUT2D eigenvalue weighted by atomic mass is 35.5. The first-order chi connectivity index (χ1) is 15.0. The summed E-state index contributed by atoms with van der Waals surface area (Å²) in [5, 5.41) is 1.61. The highest BCUT2D eigenvalue weighted by molar-refractivity contribution is 8.26. The molecular weight excluding hydrogens is 456 g/mol. The van der Waals surface area contributed by atoms with Crippen molar-refractivity contribution in [3.63, 3.8) is 0 Å². The van der Waals surface area contributed by atoms with E-state index in [1.54, 1.807) is 73.8 Å². The van der Waals surface area contributed by atoms with Crippen molar-refractivity contribution in [2.75, 3.05) is 7.11 Å². The van der Waals surface area contributed by atoms with Crippen LogP contribution in [0, 0.1) is 0 Å². The second kappa shape index (κ2) is 8.97. The molecule has 1 saturated heterocycles. The van der Waals surface area contributed by atoms with Crippen molar-refractivity contribution in [1.29, 1.82) is 0 Å². The summed E-state index contributed by atoms with van der Waals surface area (Å²) >= 11 is 12.4. The van der Waals surface area contributed by atoms with Gasteiger partial charge in [0.25, 0.3) is 11.8 Å². The summed E-state index contributed by atoms with van der Waals surface area (Å²) in [6.07, 6.45) is 1.58. The van der Waals surface area contributed by atoms with Gasteiger partial charge < -0.3 is 9.15 Å². The maximum atomic E-state index is 12.8. The monoisotopic (exact) mass is 470 g/mol. The molecule has 0 unspecified atom stereocenters. The second-order valence-corrected chi connectivity index (χ2v) is 8.48. The minimum Gasteiger partial charge on any atom is -0.496 e. The fourth-order valence-electron chi connectivity index (χ4n) is 2.90. The number of nitrogens with one attached hydrogen (secondary N) is 1. The molecule has 0 saturated carbocycles. The van der Waals surface area contributed by atoms with Crippen molar-refractivity contribution in [3.05, 3.63) is 81.9 Å². The molecule has 2 amide bonds. The summed E-state index contributed by atoms with van der Waals surface area (Å²) in [6.45, 7) is 0. The number of furan rings is 1. The molecular formula is C22H15ClN2O4S2. The Balaban J connectivity index is 1.54. The number of benzene rings is 2. The van der Waals surface area contributed by atoms with E-state index in [0.717, 1.165) is 16.8 Å². The summed E-state index contributed by atoms with van der Waals surface area (Å²) in [5.74, 6) is 0.745. The zero-order chi connectivity index (χ0) is 22.0. The van der Waals surface area contributed by atoms with Crippen molar-refractivity contribution in [1.82, 2.24) is 10.4 Å². The molecule has 0 spiro atoms. The Morgan fingerprint density at radius 2 is 1.97 bits per heavy atom. The van der Waals surface area contributed by atoms with Gasteiger partial charge in [0.15, 0.2) is 4.32 Å². The number of ether oxygens (including phenoxy) is 1. The number of carbonyl (C=O) groups is 2. The molecule has 1 aliphatic rings. The first-order valence-electron chi connectivity index (χ1n) is 9.04. The molecule has 0 atom stereocenters. The SMILES string of the molecule is COc1ccc(Cl)cc1-c1ccc(C=C2SC(=S)N(NC(=O)c3ccccc3)C2=O)o1. The first kappa shape index (κ1) is 21.2. The van der Waals surface area contributed by atoms with E-state index in [2.05, 4.69) is 5.43 Å². The van der Waals surface area contributed by atoms with E-state index >= 15 is 0 Å². The normalized spacial score (nSPS) is 14.9. The van der Waals surface area contributed by atoms with Gasteiger partial charge in [-0.2, -0.15) is 5.01 Å². The number of methoxy groups -OCH3 is 1. The predicted octanol–water partition coefficient (Wildman–Crippen LogP) is 5.15. The minimum absolute atomic E-state index is 0.226. The van der Waals surface area contributed by atoms with Crippen LogP contribution in [0.25, 0.3) is 17.4 Å². The number of amides is 2. The Morgan fingerprint density at radius 3 is 2.71 bits per heavy atom. The molecule has 1 aromatic heterocycles. The lowest BCUT2D eigenvalue weighted by molar-refractivity contribution is -0.123. The van der Waals surface area contributed by atoms with E-state index in [1.807, 2.05) is 0 Å². The molecule has 2 heterocycles. The van der Waals surface area contributed by atoms with Crippen LogP contribution in [0.4, 0.5) is 0 Å². The molecule has 1 aliphatic heterocycles. The number of thiocarbonyl (C=S) groups is 1. The third-order valence-electron chi connectivity index (χ3n) is 4.37. The molecule has 31 heavy (non-hydrogen) atoms. The van der Waals surface area contributed by atoms with Crippen molar-refractivity contribution >= 4 is 57.8 Å². The van der Waals surface area contributed by atoms with Gasteiger partial charge in [0, 0.05) is 16.7 Å². The molecule has 1 N–H and O–H groups in total. The Labute approximate surface area is 192 Å². The molecule has 3 aromatic rings. The van der Waals surface area contributed by atoms with Crippen LogP contribution < -0.4 is 10.2 Å². The molecule has 1 fully saturated rings. The van der Waals surface area contributed by atoms with E-state index in [-0.39, 0.29) is 4.32 Å². The van der Waals surface area contributed by atoms with Gasteiger partial charge in [0.2, 0.25) is 0 Å². The summed E-state index contributed by atoms with van der Waals surface area (Å²) in [5.41, 5.74) is 3.66. The first-order valence-corrected chi connectivity index (χ1v) is 10.6. The number of rotatable bonds is 5. The molecule has 9 heteroatoms. The fraction of sp³-hybridized carbons (Fsp3) is 0.0455. The van der Waals surface area contributed by atoms with Crippen LogP contribution in [-0.2, 0) is 4.79 Å². The lowest BCUT2D eigenvalue weighted by Gasteiger charge is -2.15. The zero-order valence-electron chi connectivity index (χ0n) is 16.1. The topological polar surface area (TPSA) is 71.8 Å². The lowest BCUT2D eigenvalue weighted by atomic mass is 10.1. The van der Waals surface area contributed by atoms with Crippen LogP contribution in [0.2, 0.25) is 5.02 Å². The highest BCUT2D eigenvalue weighted by Gasteiger charge is 2.34. The molecule has 2 aromatic carbocycles. The molecule has 156 valence electrons. The number of nitrogens with zero attached hydrogens (tertiary/aromatic N) is 1. The van der Waals surface area contributed by atoms with Gasteiger partial charge in [-0.1, -0.05) is 41.6 Å². The quantitative estimate of drug-likeness (QED) is 0.410. The summed E-state index contributed by atoms with van der Waals surface area (Å²) in [6, 6.07) is 17.3. The van der Waals surface area contributed by atoms with Gasteiger partial charge in [-0.05, 0) is 54.7 Å². The Hall–Kier alpha value is -3.07. The van der Waals surface area contributed by atoms with E-state index in [9.17, 15) is 9.59 Å². The molecule has 4 rings (SSSR count). The van der Waals surface area contributed by atoms with Gasteiger partial charge in [0.05, 0.1) is 17.6 Å². The number of carbonyl (C=O) groups excluding carboxylic acids is 2. The number of hydrogen-bond acceptors (Lipinski definition) is 6. The Kier molecular flexibility index (Phi) is 6.13. The van der Waals surface area contributed by atoms with Crippen LogP contribution in [0.1, 0.15) is 16.1 Å². The van der Waals surface area contributed by atoms with E-state index in [4.69, 9.17) is 33.0 Å². The summed E-state index contributed by atoms with van der Waals surface area (Å²) < 4.78 is 11.5. The van der Waals surface area contributed by atoms with E-state index in [0.29, 0.717) is 38.3 Å². The van der Waals surface area contributed by atoms with Gasteiger partial charge in [0.1, 0.15) is 17.3 Å². The van der Waals surface area contributed by atoms with Crippen LogP contribution >= 0.6 is 35.6 Å². The maximum Gasteiger partial charge on any atom is 0.285 e. The smallest absolute Gasteiger partial charge is 0.285 e. The Bertz CT molecular complexity index is 1210. The van der Waals surface area contributed by atoms with Crippen molar-refractivity contribution in [2.24, 2.45) is 0 Å². The third-order valence-corrected chi connectivity index (χ3v) is 5.91.